The summed E-state index contributed by atoms with van der Waals surface area (Å²) in [5.74, 6) is 0.819. The standard InChI is InChI=1S/C13H16O2S/c1-10-12(14)7-8-13(10)16(15)9-11-5-3-2-4-6-11/h2-6,10,13H,7-9H2,1H3. The predicted molar refractivity (Wildman–Crippen MR) is 65.5 cm³/mol. The molecule has 0 amide bonds. The molecule has 3 unspecified atom stereocenters. The minimum atomic E-state index is -0.918. The van der Waals surface area contributed by atoms with Gasteiger partial charge in [-0.1, -0.05) is 37.3 Å². The molecule has 2 nitrogen and oxygen atoms in total. The summed E-state index contributed by atoms with van der Waals surface area (Å²) in [6.45, 7) is 1.91. The van der Waals surface area contributed by atoms with Gasteiger partial charge in [0.05, 0.1) is 0 Å². The molecular weight excluding hydrogens is 220 g/mol. The average molecular weight is 236 g/mol. The number of Topliss-reactive ketones (excluding diaryl/α,β-unsaturated/α-hetero) is 1. The van der Waals surface area contributed by atoms with Gasteiger partial charge in [0.25, 0.3) is 0 Å². The van der Waals surface area contributed by atoms with Crippen molar-refractivity contribution in [3.8, 4) is 0 Å². The van der Waals surface area contributed by atoms with Crippen molar-refractivity contribution in [2.24, 2.45) is 5.92 Å². The molecule has 1 aliphatic carbocycles. The Morgan fingerprint density at radius 2 is 2.00 bits per heavy atom. The Bertz CT molecular complexity index is 400. The summed E-state index contributed by atoms with van der Waals surface area (Å²) >= 11 is 0. The van der Waals surface area contributed by atoms with Crippen LogP contribution in [0.2, 0.25) is 0 Å². The van der Waals surface area contributed by atoms with Gasteiger partial charge in [0.1, 0.15) is 5.78 Å². The van der Waals surface area contributed by atoms with Gasteiger partial charge >= 0.3 is 0 Å². The van der Waals surface area contributed by atoms with Crippen molar-refractivity contribution < 1.29 is 9.00 Å². The van der Waals surface area contributed by atoms with E-state index in [4.69, 9.17) is 0 Å². The average Bonchev–Trinajstić information content (AvgIpc) is 2.61. The highest BCUT2D eigenvalue weighted by Crippen LogP contribution is 2.27. The van der Waals surface area contributed by atoms with E-state index in [0.29, 0.717) is 12.2 Å². The third-order valence-corrected chi connectivity index (χ3v) is 5.17. The lowest BCUT2D eigenvalue weighted by Gasteiger charge is -2.13. The molecule has 1 fully saturated rings. The second-order valence-electron chi connectivity index (χ2n) is 4.34. The highest BCUT2D eigenvalue weighted by molar-refractivity contribution is 7.84. The predicted octanol–water partition coefficient (Wildman–Crippen LogP) is 2.30. The van der Waals surface area contributed by atoms with E-state index in [2.05, 4.69) is 0 Å². The number of rotatable bonds is 3. The number of carbonyl (C=O) groups is 1. The lowest BCUT2D eigenvalue weighted by molar-refractivity contribution is -0.120. The van der Waals surface area contributed by atoms with E-state index < -0.39 is 10.8 Å². The Morgan fingerprint density at radius 1 is 1.31 bits per heavy atom. The molecule has 86 valence electrons. The van der Waals surface area contributed by atoms with E-state index in [1.165, 1.54) is 0 Å². The first-order chi connectivity index (χ1) is 7.68. The molecule has 0 radical (unpaired) electrons. The van der Waals surface area contributed by atoms with Gasteiger partial charge in [0.15, 0.2) is 0 Å². The van der Waals surface area contributed by atoms with Gasteiger partial charge in [-0.25, -0.2) is 0 Å². The van der Waals surface area contributed by atoms with Crippen LogP contribution in [0.3, 0.4) is 0 Å². The molecule has 0 heterocycles. The SMILES string of the molecule is CC1C(=O)CCC1S(=O)Cc1ccccc1. The molecule has 0 N–H and O–H groups in total. The zero-order valence-electron chi connectivity index (χ0n) is 9.39. The molecule has 1 aromatic rings. The summed E-state index contributed by atoms with van der Waals surface area (Å²) in [5, 5.41) is 0.0627. The molecule has 3 heteroatoms. The van der Waals surface area contributed by atoms with Gasteiger partial charge in [-0.3, -0.25) is 9.00 Å². The molecule has 0 aliphatic heterocycles. The summed E-state index contributed by atoms with van der Waals surface area (Å²) in [5.41, 5.74) is 1.09. The third-order valence-electron chi connectivity index (χ3n) is 3.23. The number of hydrogen-bond donors (Lipinski definition) is 0. The van der Waals surface area contributed by atoms with Gasteiger partial charge in [0.2, 0.25) is 0 Å². The van der Waals surface area contributed by atoms with Crippen molar-refractivity contribution in [1.29, 1.82) is 0 Å². The van der Waals surface area contributed by atoms with Crippen LogP contribution in [-0.2, 0) is 21.3 Å². The fourth-order valence-electron chi connectivity index (χ4n) is 2.17. The first-order valence-corrected chi connectivity index (χ1v) is 7.00. The molecule has 16 heavy (non-hydrogen) atoms. The van der Waals surface area contributed by atoms with E-state index in [0.717, 1.165) is 12.0 Å². The van der Waals surface area contributed by atoms with Crippen LogP contribution in [0.1, 0.15) is 25.3 Å². The van der Waals surface area contributed by atoms with Crippen molar-refractivity contribution in [2.75, 3.05) is 0 Å². The van der Waals surface area contributed by atoms with Gasteiger partial charge in [-0.2, -0.15) is 0 Å². The van der Waals surface area contributed by atoms with Crippen molar-refractivity contribution in [1.82, 2.24) is 0 Å². The minimum absolute atomic E-state index is 0.0236. The number of benzene rings is 1. The molecule has 0 spiro atoms. The molecular formula is C13H16O2S. The van der Waals surface area contributed by atoms with Crippen LogP contribution in [0, 0.1) is 5.92 Å². The van der Waals surface area contributed by atoms with E-state index in [1.54, 1.807) is 0 Å². The van der Waals surface area contributed by atoms with Crippen LogP contribution in [0.4, 0.5) is 0 Å². The third kappa shape index (κ3) is 2.40. The normalized spacial score (nSPS) is 26.9. The maximum atomic E-state index is 12.1. The van der Waals surface area contributed by atoms with Crippen LogP contribution >= 0.6 is 0 Å². The maximum Gasteiger partial charge on any atom is 0.136 e. The topological polar surface area (TPSA) is 34.1 Å². The quantitative estimate of drug-likeness (QED) is 0.807. The van der Waals surface area contributed by atoms with E-state index in [-0.39, 0.29) is 17.0 Å². The monoisotopic (exact) mass is 236 g/mol. The maximum absolute atomic E-state index is 12.1. The number of carbonyl (C=O) groups excluding carboxylic acids is 1. The largest absolute Gasteiger partial charge is 0.299 e. The molecule has 3 atom stereocenters. The summed E-state index contributed by atoms with van der Waals surface area (Å²) in [6, 6.07) is 9.83. The van der Waals surface area contributed by atoms with Crippen LogP contribution in [0.5, 0.6) is 0 Å². The second kappa shape index (κ2) is 4.91. The molecule has 1 aliphatic rings. The fraction of sp³-hybridized carbons (Fsp3) is 0.462. The van der Waals surface area contributed by atoms with Gasteiger partial charge in [0, 0.05) is 34.1 Å². The van der Waals surface area contributed by atoms with Gasteiger partial charge < -0.3 is 0 Å². The van der Waals surface area contributed by atoms with Crippen molar-refractivity contribution in [2.45, 2.75) is 30.8 Å². The summed E-state index contributed by atoms with van der Waals surface area (Å²) in [7, 11) is -0.918. The molecule has 1 aromatic carbocycles. The Morgan fingerprint density at radius 3 is 2.56 bits per heavy atom. The van der Waals surface area contributed by atoms with Gasteiger partial charge in [-0.15, -0.1) is 0 Å². The summed E-state index contributed by atoms with van der Waals surface area (Å²) in [4.78, 5) is 11.4. The van der Waals surface area contributed by atoms with Crippen molar-refractivity contribution in [3.63, 3.8) is 0 Å². The van der Waals surface area contributed by atoms with Crippen LogP contribution in [-0.4, -0.2) is 15.2 Å². The second-order valence-corrected chi connectivity index (χ2v) is 6.00. The van der Waals surface area contributed by atoms with Gasteiger partial charge in [-0.05, 0) is 12.0 Å². The van der Waals surface area contributed by atoms with Crippen LogP contribution < -0.4 is 0 Å². The Labute approximate surface area is 98.5 Å². The first kappa shape index (κ1) is 11.5. The minimum Gasteiger partial charge on any atom is -0.299 e. The zero-order chi connectivity index (χ0) is 11.5. The fourth-order valence-corrected chi connectivity index (χ4v) is 3.90. The summed E-state index contributed by atoms with van der Waals surface area (Å²) in [6.07, 6.45) is 1.39. The molecule has 0 bridgehead atoms. The molecule has 0 saturated heterocycles. The summed E-state index contributed by atoms with van der Waals surface area (Å²) < 4.78 is 12.1. The Kier molecular flexibility index (Phi) is 3.54. The first-order valence-electron chi connectivity index (χ1n) is 5.62. The Hall–Kier alpha value is -0.960. The van der Waals surface area contributed by atoms with Crippen molar-refractivity contribution >= 4 is 16.6 Å². The number of ketones is 1. The van der Waals surface area contributed by atoms with E-state index in [1.807, 2.05) is 37.3 Å². The smallest absolute Gasteiger partial charge is 0.136 e. The van der Waals surface area contributed by atoms with Crippen molar-refractivity contribution in [3.05, 3.63) is 35.9 Å². The Balaban J connectivity index is 2.02. The molecule has 2 rings (SSSR count). The van der Waals surface area contributed by atoms with E-state index >= 15 is 0 Å². The highest BCUT2D eigenvalue weighted by atomic mass is 32.2. The lowest BCUT2D eigenvalue weighted by Crippen LogP contribution is -2.22. The zero-order valence-corrected chi connectivity index (χ0v) is 10.2. The highest BCUT2D eigenvalue weighted by Gasteiger charge is 2.34. The van der Waals surface area contributed by atoms with Crippen LogP contribution in [0.25, 0.3) is 0 Å². The van der Waals surface area contributed by atoms with Crippen LogP contribution in [0.15, 0.2) is 30.3 Å². The number of hydrogen-bond acceptors (Lipinski definition) is 2. The molecule has 1 saturated carbocycles. The molecule has 0 aromatic heterocycles. The van der Waals surface area contributed by atoms with E-state index in [9.17, 15) is 9.00 Å². The lowest BCUT2D eigenvalue weighted by atomic mass is 10.1.